The Morgan fingerprint density at radius 1 is 1.20 bits per heavy atom. The Hall–Kier alpha value is -2.29. The first-order valence-corrected chi connectivity index (χ1v) is 6.72. The van der Waals surface area contributed by atoms with Crippen LogP contribution in [0.1, 0.15) is 34.0 Å². The van der Waals surface area contributed by atoms with Gasteiger partial charge in [-0.05, 0) is 49.1 Å². The van der Waals surface area contributed by atoms with Crippen molar-refractivity contribution in [3.63, 3.8) is 0 Å². The van der Waals surface area contributed by atoms with Gasteiger partial charge in [0.2, 0.25) is 0 Å². The average Bonchev–Trinajstić information content (AvgIpc) is 2.40. The van der Waals surface area contributed by atoms with Gasteiger partial charge < -0.3 is 10.4 Å². The number of para-hydroxylation sites is 1. The van der Waals surface area contributed by atoms with Crippen molar-refractivity contribution >= 4 is 11.6 Å². The molecule has 0 heterocycles. The monoisotopic (exact) mass is 269 g/mol. The van der Waals surface area contributed by atoms with E-state index in [1.54, 1.807) is 12.1 Å². The van der Waals surface area contributed by atoms with Gasteiger partial charge in [-0.15, -0.1) is 0 Å². The van der Waals surface area contributed by atoms with Crippen LogP contribution in [0.3, 0.4) is 0 Å². The number of hydrogen-bond acceptors (Lipinski definition) is 2. The summed E-state index contributed by atoms with van der Waals surface area (Å²) in [5.74, 6) is -0.277. The third-order valence-electron chi connectivity index (χ3n) is 3.38. The zero-order valence-corrected chi connectivity index (χ0v) is 12.0. The fraction of sp³-hybridized carbons (Fsp3) is 0.235. The van der Waals surface area contributed by atoms with E-state index < -0.39 is 0 Å². The minimum absolute atomic E-state index is 0.00846. The molecule has 0 fully saturated rings. The summed E-state index contributed by atoms with van der Waals surface area (Å²) in [4.78, 5) is 12.3. The summed E-state index contributed by atoms with van der Waals surface area (Å²) in [6, 6.07) is 11.0. The fourth-order valence-electron chi connectivity index (χ4n) is 2.22. The van der Waals surface area contributed by atoms with Crippen molar-refractivity contribution in [3.05, 3.63) is 58.7 Å². The number of benzene rings is 2. The predicted molar refractivity (Wildman–Crippen MR) is 81.4 cm³/mol. The normalized spacial score (nSPS) is 10.3. The fourth-order valence-corrected chi connectivity index (χ4v) is 2.22. The first-order chi connectivity index (χ1) is 9.52. The predicted octanol–water partition coefficient (Wildman–Crippen LogP) is 3.82. The van der Waals surface area contributed by atoms with Crippen LogP contribution in [0.25, 0.3) is 0 Å². The van der Waals surface area contributed by atoms with Crippen LogP contribution in [0, 0.1) is 13.8 Å². The molecule has 0 saturated heterocycles. The highest BCUT2D eigenvalue weighted by Gasteiger charge is 2.14. The number of phenolic OH excluding ortho intramolecular Hbond substituents is 1. The minimum atomic E-state index is -0.286. The second kappa shape index (κ2) is 5.78. The van der Waals surface area contributed by atoms with Gasteiger partial charge in [0.25, 0.3) is 5.91 Å². The Balaban J connectivity index is 2.33. The van der Waals surface area contributed by atoms with Crippen LogP contribution < -0.4 is 5.32 Å². The van der Waals surface area contributed by atoms with Crippen LogP contribution >= 0.6 is 0 Å². The van der Waals surface area contributed by atoms with E-state index in [9.17, 15) is 9.90 Å². The Morgan fingerprint density at radius 2 is 1.95 bits per heavy atom. The van der Waals surface area contributed by atoms with Gasteiger partial charge in [-0.1, -0.05) is 31.2 Å². The molecule has 0 aromatic heterocycles. The average molecular weight is 269 g/mol. The molecule has 20 heavy (non-hydrogen) atoms. The lowest BCUT2D eigenvalue weighted by atomic mass is 10.0. The highest BCUT2D eigenvalue weighted by molar-refractivity contribution is 6.06. The van der Waals surface area contributed by atoms with Crippen molar-refractivity contribution in [3.8, 4) is 5.75 Å². The number of aryl methyl sites for hydroxylation is 3. The number of carbonyl (C=O) groups is 1. The molecule has 0 unspecified atom stereocenters. The Morgan fingerprint density at radius 3 is 2.60 bits per heavy atom. The van der Waals surface area contributed by atoms with Crippen LogP contribution in [0.5, 0.6) is 5.75 Å². The largest absolute Gasteiger partial charge is 0.507 e. The Labute approximate surface area is 119 Å². The molecule has 0 radical (unpaired) electrons. The van der Waals surface area contributed by atoms with Crippen molar-refractivity contribution in [2.24, 2.45) is 0 Å². The molecule has 3 heteroatoms. The lowest BCUT2D eigenvalue weighted by molar-refractivity contribution is 0.102. The van der Waals surface area contributed by atoms with E-state index in [1.165, 1.54) is 0 Å². The summed E-state index contributed by atoms with van der Waals surface area (Å²) in [7, 11) is 0. The van der Waals surface area contributed by atoms with Crippen molar-refractivity contribution in [1.29, 1.82) is 0 Å². The lowest BCUT2D eigenvalue weighted by Crippen LogP contribution is -2.14. The summed E-state index contributed by atoms with van der Waals surface area (Å²) in [6.07, 6.45) is 0.844. The summed E-state index contributed by atoms with van der Waals surface area (Å²) in [6.45, 7) is 5.88. The molecule has 2 aromatic carbocycles. The molecule has 1 amide bonds. The quantitative estimate of drug-likeness (QED) is 0.889. The lowest BCUT2D eigenvalue weighted by Gasteiger charge is -2.13. The van der Waals surface area contributed by atoms with Crippen LogP contribution in [0.15, 0.2) is 36.4 Å². The number of amides is 1. The SMILES string of the molecule is CCc1cccc(C)c1NC(=O)c1ccc(C)cc1O. The minimum Gasteiger partial charge on any atom is -0.507 e. The Bertz CT molecular complexity index is 647. The van der Waals surface area contributed by atoms with E-state index in [0.717, 1.165) is 28.8 Å². The van der Waals surface area contributed by atoms with Gasteiger partial charge in [-0.3, -0.25) is 4.79 Å². The third kappa shape index (κ3) is 2.82. The van der Waals surface area contributed by atoms with Crippen molar-refractivity contribution < 1.29 is 9.90 Å². The van der Waals surface area contributed by atoms with Crippen LogP contribution in [0.2, 0.25) is 0 Å². The van der Waals surface area contributed by atoms with Gasteiger partial charge in [0.1, 0.15) is 5.75 Å². The Kier molecular flexibility index (Phi) is 4.08. The van der Waals surface area contributed by atoms with Gasteiger partial charge >= 0.3 is 0 Å². The molecule has 0 bridgehead atoms. The van der Waals surface area contributed by atoms with Gasteiger partial charge in [-0.25, -0.2) is 0 Å². The van der Waals surface area contributed by atoms with E-state index >= 15 is 0 Å². The first-order valence-electron chi connectivity index (χ1n) is 6.72. The number of nitrogens with one attached hydrogen (secondary N) is 1. The molecule has 3 nitrogen and oxygen atoms in total. The van der Waals surface area contributed by atoms with E-state index in [4.69, 9.17) is 0 Å². The van der Waals surface area contributed by atoms with E-state index in [-0.39, 0.29) is 11.7 Å². The molecule has 0 atom stereocenters. The molecular weight excluding hydrogens is 250 g/mol. The topological polar surface area (TPSA) is 49.3 Å². The second-order valence-electron chi connectivity index (χ2n) is 4.94. The summed E-state index contributed by atoms with van der Waals surface area (Å²) >= 11 is 0. The molecular formula is C17H19NO2. The molecule has 0 spiro atoms. The smallest absolute Gasteiger partial charge is 0.259 e. The maximum absolute atomic E-state index is 12.3. The molecule has 2 N–H and O–H groups in total. The molecule has 0 aliphatic rings. The molecule has 0 aliphatic heterocycles. The number of carbonyl (C=O) groups excluding carboxylic acids is 1. The van der Waals surface area contributed by atoms with Crippen molar-refractivity contribution in [2.75, 3.05) is 5.32 Å². The number of anilines is 1. The van der Waals surface area contributed by atoms with E-state index in [2.05, 4.69) is 5.32 Å². The van der Waals surface area contributed by atoms with Gasteiger partial charge in [0.05, 0.1) is 5.56 Å². The van der Waals surface area contributed by atoms with Crippen LogP contribution in [-0.2, 0) is 6.42 Å². The van der Waals surface area contributed by atoms with E-state index in [0.29, 0.717) is 5.56 Å². The van der Waals surface area contributed by atoms with Gasteiger partial charge in [-0.2, -0.15) is 0 Å². The molecule has 104 valence electrons. The standard InChI is InChI=1S/C17H19NO2/c1-4-13-7-5-6-12(3)16(13)18-17(20)14-9-8-11(2)10-15(14)19/h5-10,19H,4H2,1-3H3,(H,18,20). The number of hydrogen-bond donors (Lipinski definition) is 2. The highest BCUT2D eigenvalue weighted by atomic mass is 16.3. The van der Waals surface area contributed by atoms with Crippen LogP contribution in [-0.4, -0.2) is 11.0 Å². The summed E-state index contributed by atoms with van der Waals surface area (Å²) in [5.41, 5.74) is 4.15. The van der Waals surface area contributed by atoms with E-state index in [1.807, 2.05) is 45.0 Å². The molecule has 0 saturated carbocycles. The maximum Gasteiger partial charge on any atom is 0.259 e. The summed E-state index contributed by atoms with van der Waals surface area (Å²) < 4.78 is 0. The molecule has 2 rings (SSSR count). The number of rotatable bonds is 3. The number of phenols is 1. The van der Waals surface area contributed by atoms with Crippen molar-refractivity contribution in [2.45, 2.75) is 27.2 Å². The zero-order valence-electron chi connectivity index (χ0n) is 12.0. The maximum atomic E-state index is 12.3. The van der Waals surface area contributed by atoms with Gasteiger partial charge in [0, 0.05) is 5.69 Å². The highest BCUT2D eigenvalue weighted by Crippen LogP contribution is 2.24. The zero-order chi connectivity index (χ0) is 14.7. The third-order valence-corrected chi connectivity index (χ3v) is 3.38. The number of aromatic hydroxyl groups is 1. The van der Waals surface area contributed by atoms with Crippen molar-refractivity contribution in [1.82, 2.24) is 0 Å². The first kappa shape index (κ1) is 14.1. The van der Waals surface area contributed by atoms with Crippen LogP contribution in [0.4, 0.5) is 5.69 Å². The molecule has 2 aromatic rings. The second-order valence-corrected chi connectivity index (χ2v) is 4.94. The summed E-state index contributed by atoms with van der Waals surface area (Å²) in [5, 5.41) is 12.8. The van der Waals surface area contributed by atoms with Gasteiger partial charge in [0.15, 0.2) is 0 Å². The molecule has 0 aliphatic carbocycles.